The number of oxime groups is 1. The number of aromatic hydroxyl groups is 1. The first-order valence-corrected chi connectivity index (χ1v) is 9.44. The van der Waals surface area contributed by atoms with Crippen LogP contribution in [0.5, 0.6) is 5.88 Å². The molecule has 29 heavy (non-hydrogen) atoms. The normalized spacial score (nSPS) is 17.0. The van der Waals surface area contributed by atoms with Crippen molar-refractivity contribution in [3.63, 3.8) is 0 Å². The molecule has 0 saturated carbocycles. The lowest BCUT2D eigenvalue weighted by Crippen LogP contribution is -2.41. The topological polar surface area (TPSA) is 85.6 Å². The van der Waals surface area contributed by atoms with Gasteiger partial charge in [0.05, 0.1) is 26.0 Å². The quantitative estimate of drug-likeness (QED) is 0.390. The third-order valence-electron chi connectivity index (χ3n) is 4.61. The molecular weight excluding hydrogens is 374 g/mol. The Morgan fingerprint density at radius 2 is 2.03 bits per heavy atom. The van der Waals surface area contributed by atoms with Crippen LogP contribution in [-0.2, 0) is 20.9 Å². The molecule has 1 N–H and O–H groups in total. The van der Waals surface area contributed by atoms with Crippen LogP contribution in [0.3, 0.4) is 0 Å². The Balaban J connectivity index is 1.60. The SMILES string of the molecule is O=c1c(-c2ccccc2)c(O)[n+](CCC=NOC2COCCO2)c2ccccn12. The summed E-state index contributed by atoms with van der Waals surface area (Å²) in [6, 6.07) is 14.5. The summed E-state index contributed by atoms with van der Waals surface area (Å²) in [5, 5.41) is 14.8. The molecule has 1 aliphatic rings. The number of ether oxygens (including phenoxy) is 2. The Labute approximate surface area is 167 Å². The first kappa shape index (κ1) is 19.1. The van der Waals surface area contributed by atoms with Gasteiger partial charge in [-0.25, -0.2) is 4.79 Å². The first-order valence-electron chi connectivity index (χ1n) is 9.44. The van der Waals surface area contributed by atoms with E-state index < -0.39 is 6.29 Å². The van der Waals surface area contributed by atoms with E-state index in [-0.39, 0.29) is 17.0 Å². The van der Waals surface area contributed by atoms with Crippen LogP contribution in [0.2, 0.25) is 0 Å². The lowest BCUT2D eigenvalue weighted by molar-refractivity contribution is -0.678. The second kappa shape index (κ2) is 8.85. The van der Waals surface area contributed by atoms with Gasteiger partial charge in [0.25, 0.3) is 11.5 Å². The van der Waals surface area contributed by atoms with Crippen molar-refractivity contribution in [2.45, 2.75) is 19.3 Å². The lowest BCUT2D eigenvalue weighted by Gasteiger charge is -2.20. The van der Waals surface area contributed by atoms with Crippen molar-refractivity contribution in [2.24, 2.45) is 5.16 Å². The number of aryl methyl sites for hydroxylation is 1. The molecule has 0 radical (unpaired) electrons. The van der Waals surface area contributed by atoms with E-state index >= 15 is 0 Å². The zero-order valence-corrected chi connectivity index (χ0v) is 15.8. The number of hydrogen-bond donors (Lipinski definition) is 1. The molecule has 4 rings (SSSR count). The Hall–Kier alpha value is -3.23. The summed E-state index contributed by atoms with van der Waals surface area (Å²) in [4.78, 5) is 18.2. The van der Waals surface area contributed by atoms with E-state index in [4.69, 9.17) is 14.3 Å². The molecule has 8 heteroatoms. The average molecular weight is 396 g/mol. The summed E-state index contributed by atoms with van der Waals surface area (Å²) >= 11 is 0. The minimum Gasteiger partial charge on any atom is -0.477 e. The Kier molecular flexibility index (Phi) is 5.83. The van der Waals surface area contributed by atoms with E-state index in [0.717, 1.165) is 0 Å². The number of pyridine rings is 1. The molecule has 0 amide bonds. The Morgan fingerprint density at radius 3 is 2.83 bits per heavy atom. The number of fused-ring (bicyclic) bond motifs is 1. The zero-order chi connectivity index (χ0) is 20.1. The molecule has 1 saturated heterocycles. The van der Waals surface area contributed by atoms with E-state index in [1.165, 1.54) is 4.40 Å². The monoisotopic (exact) mass is 396 g/mol. The van der Waals surface area contributed by atoms with Crippen molar-refractivity contribution in [2.75, 3.05) is 19.8 Å². The van der Waals surface area contributed by atoms with Crippen molar-refractivity contribution < 1.29 is 24.0 Å². The minimum absolute atomic E-state index is 0.0780. The fraction of sp³-hybridized carbons (Fsp3) is 0.286. The number of aromatic nitrogens is 2. The van der Waals surface area contributed by atoms with Gasteiger partial charge in [0, 0.05) is 18.7 Å². The van der Waals surface area contributed by atoms with Gasteiger partial charge in [-0.05, 0) is 11.6 Å². The maximum atomic E-state index is 13.0. The molecular formula is C21H22N3O5+. The largest absolute Gasteiger partial charge is 0.477 e. The van der Waals surface area contributed by atoms with Gasteiger partial charge in [-0.1, -0.05) is 41.6 Å². The zero-order valence-electron chi connectivity index (χ0n) is 15.8. The van der Waals surface area contributed by atoms with Crippen molar-refractivity contribution in [3.8, 4) is 17.0 Å². The predicted octanol–water partition coefficient (Wildman–Crippen LogP) is 1.72. The molecule has 3 heterocycles. The van der Waals surface area contributed by atoms with Crippen LogP contribution in [0, 0.1) is 0 Å². The molecule has 0 bridgehead atoms. The van der Waals surface area contributed by atoms with E-state index in [1.54, 1.807) is 41.2 Å². The van der Waals surface area contributed by atoms with Gasteiger partial charge in [0.15, 0.2) is 5.56 Å². The highest BCUT2D eigenvalue weighted by molar-refractivity contribution is 5.67. The van der Waals surface area contributed by atoms with Crippen molar-refractivity contribution in [1.82, 2.24) is 4.40 Å². The summed E-state index contributed by atoms with van der Waals surface area (Å²) in [5.41, 5.74) is 1.24. The molecule has 3 aromatic rings. The molecule has 0 spiro atoms. The summed E-state index contributed by atoms with van der Waals surface area (Å²) < 4.78 is 13.8. The number of benzene rings is 1. The highest BCUT2D eigenvalue weighted by atomic mass is 16.8. The van der Waals surface area contributed by atoms with Crippen molar-refractivity contribution >= 4 is 11.9 Å². The fourth-order valence-corrected chi connectivity index (χ4v) is 3.24. The maximum Gasteiger partial charge on any atom is 0.354 e. The molecule has 1 aromatic carbocycles. The third-order valence-corrected chi connectivity index (χ3v) is 4.61. The van der Waals surface area contributed by atoms with E-state index in [2.05, 4.69) is 5.16 Å². The fourth-order valence-electron chi connectivity index (χ4n) is 3.24. The maximum absolute atomic E-state index is 13.0. The van der Waals surface area contributed by atoms with Crippen LogP contribution in [0.15, 0.2) is 64.7 Å². The summed E-state index contributed by atoms with van der Waals surface area (Å²) in [7, 11) is 0. The Bertz CT molecular complexity index is 1060. The van der Waals surface area contributed by atoms with Crippen LogP contribution in [0.25, 0.3) is 16.8 Å². The average Bonchev–Trinajstić information content (AvgIpc) is 2.77. The van der Waals surface area contributed by atoms with Gasteiger partial charge in [0.2, 0.25) is 6.29 Å². The predicted molar refractivity (Wildman–Crippen MR) is 106 cm³/mol. The molecule has 1 aliphatic heterocycles. The van der Waals surface area contributed by atoms with Crippen LogP contribution in [-0.4, -0.2) is 41.8 Å². The summed E-state index contributed by atoms with van der Waals surface area (Å²) in [5.74, 6) is -0.0780. The second-order valence-electron chi connectivity index (χ2n) is 6.51. The van der Waals surface area contributed by atoms with E-state index in [9.17, 15) is 9.90 Å². The first-order chi connectivity index (χ1) is 14.3. The third kappa shape index (κ3) is 4.13. The molecule has 1 fully saturated rings. The van der Waals surface area contributed by atoms with Crippen molar-refractivity contribution in [1.29, 1.82) is 0 Å². The van der Waals surface area contributed by atoms with Crippen molar-refractivity contribution in [3.05, 3.63) is 65.1 Å². The minimum atomic E-state index is -0.498. The molecule has 2 aromatic heterocycles. The van der Waals surface area contributed by atoms with Gasteiger partial charge in [-0.2, -0.15) is 8.97 Å². The van der Waals surface area contributed by atoms with Gasteiger partial charge >= 0.3 is 5.56 Å². The van der Waals surface area contributed by atoms with Crippen LogP contribution in [0.1, 0.15) is 6.42 Å². The number of hydrogen-bond acceptors (Lipinski definition) is 6. The van der Waals surface area contributed by atoms with Crippen LogP contribution in [0.4, 0.5) is 0 Å². The highest BCUT2D eigenvalue weighted by Gasteiger charge is 2.24. The summed E-state index contributed by atoms with van der Waals surface area (Å²) in [6.07, 6.45) is 3.29. The molecule has 1 unspecified atom stereocenters. The summed E-state index contributed by atoms with van der Waals surface area (Å²) in [6.45, 7) is 1.80. The number of nitrogens with zero attached hydrogens (tertiary/aromatic N) is 3. The second-order valence-corrected chi connectivity index (χ2v) is 6.51. The van der Waals surface area contributed by atoms with Gasteiger partial charge in [0.1, 0.15) is 6.61 Å². The van der Waals surface area contributed by atoms with Crippen LogP contribution >= 0.6 is 0 Å². The van der Waals surface area contributed by atoms with Crippen LogP contribution < -0.4 is 10.1 Å². The van der Waals surface area contributed by atoms with Gasteiger partial charge < -0.3 is 19.4 Å². The number of rotatable bonds is 6. The lowest BCUT2D eigenvalue weighted by atomic mass is 10.1. The van der Waals surface area contributed by atoms with Gasteiger partial charge in [-0.3, -0.25) is 0 Å². The Morgan fingerprint density at radius 1 is 1.21 bits per heavy atom. The van der Waals surface area contributed by atoms with Gasteiger partial charge in [-0.15, -0.1) is 0 Å². The molecule has 1 atom stereocenters. The van der Waals surface area contributed by atoms with E-state index in [1.807, 2.05) is 24.3 Å². The highest BCUT2D eigenvalue weighted by Crippen LogP contribution is 2.22. The smallest absolute Gasteiger partial charge is 0.354 e. The molecule has 150 valence electrons. The standard InChI is InChI=1S/C21H21N3O5/c25-20-19(16-7-2-1-3-8-16)21(26)24(17-9-4-5-11-23(17)20)12-6-10-22-29-18-15-27-13-14-28-18/h1-5,7-11,18H,6,12-15H2/p+1. The molecule has 0 aliphatic carbocycles. The van der Waals surface area contributed by atoms with E-state index in [0.29, 0.717) is 44.0 Å². The molecule has 8 nitrogen and oxygen atoms in total.